The van der Waals surface area contributed by atoms with Crippen LogP contribution in [0.2, 0.25) is 0 Å². The predicted molar refractivity (Wildman–Crippen MR) is 68.8 cm³/mol. The van der Waals surface area contributed by atoms with E-state index in [4.69, 9.17) is 5.11 Å². The maximum Gasteiger partial charge on any atom is 0.303 e. The fourth-order valence-corrected chi connectivity index (χ4v) is 1.83. The van der Waals surface area contributed by atoms with E-state index in [-0.39, 0.29) is 12.2 Å². The summed E-state index contributed by atoms with van der Waals surface area (Å²) >= 11 is 0. The molecule has 0 heterocycles. The van der Waals surface area contributed by atoms with Crippen LogP contribution in [-0.4, -0.2) is 29.6 Å². The molecule has 1 rings (SSSR count). The fourth-order valence-electron chi connectivity index (χ4n) is 1.83. The second kappa shape index (κ2) is 7.82. The van der Waals surface area contributed by atoms with Gasteiger partial charge in [0.2, 0.25) is 0 Å². The van der Waals surface area contributed by atoms with Crippen LogP contribution in [0.15, 0.2) is 24.3 Å². The smallest absolute Gasteiger partial charge is 0.303 e. The molecule has 0 aliphatic rings. The summed E-state index contributed by atoms with van der Waals surface area (Å²) in [7, 11) is 1.95. The molecule has 18 heavy (non-hydrogen) atoms. The first-order valence-electron chi connectivity index (χ1n) is 6.23. The Kier molecular flexibility index (Phi) is 6.36. The van der Waals surface area contributed by atoms with E-state index < -0.39 is 5.97 Å². The first-order valence-corrected chi connectivity index (χ1v) is 6.23. The minimum atomic E-state index is -0.741. The fraction of sp³-hybridized carbons (Fsp3) is 0.500. The van der Waals surface area contributed by atoms with Gasteiger partial charge in [-0.1, -0.05) is 24.6 Å². The minimum Gasteiger partial charge on any atom is -0.481 e. The Morgan fingerprint density at radius 3 is 2.67 bits per heavy atom. The van der Waals surface area contributed by atoms with Gasteiger partial charge in [0.15, 0.2) is 0 Å². The normalized spacial score (nSPS) is 10.8. The Morgan fingerprint density at radius 1 is 1.28 bits per heavy atom. The monoisotopic (exact) mass is 253 g/mol. The summed E-state index contributed by atoms with van der Waals surface area (Å²) in [5.41, 5.74) is 0.700. The van der Waals surface area contributed by atoms with Crippen molar-refractivity contribution >= 4 is 5.97 Å². The van der Waals surface area contributed by atoms with Gasteiger partial charge in [-0.05, 0) is 32.5 Å². The topological polar surface area (TPSA) is 40.5 Å². The molecule has 1 N–H and O–H groups in total. The number of hydrogen-bond acceptors (Lipinski definition) is 2. The standard InChI is InChI=1S/C14H20FNO2/c1-16(10-6-2-3-9-14(17)18)11-12-7-4-5-8-13(12)15/h4-5,7-8H,2-3,6,9-11H2,1H3,(H,17,18). The Hall–Kier alpha value is -1.42. The maximum atomic E-state index is 13.4. The van der Waals surface area contributed by atoms with Crippen molar-refractivity contribution in [3.8, 4) is 0 Å². The number of rotatable bonds is 8. The van der Waals surface area contributed by atoms with Crippen LogP contribution in [0.3, 0.4) is 0 Å². The molecular weight excluding hydrogens is 233 g/mol. The van der Waals surface area contributed by atoms with Crippen LogP contribution in [0.1, 0.15) is 31.2 Å². The SMILES string of the molecule is CN(CCCCCC(=O)O)Cc1ccccc1F. The van der Waals surface area contributed by atoms with Crippen LogP contribution < -0.4 is 0 Å². The van der Waals surface area contributed by atoms with Gasteiger partial charge in [-0.3, -0.25) is 4.79 Å². The van der Waals surface area contributed by atoms with Gasteiger partial charge < -0.3 is 10.0 Å². The summed E-state index contributed by atoms with van der Waals surface area (Å²) in [6.45, 7) is 1.44. The number of unbranched alkanes of at least 4 members (excludes halogenated alkanes) is 2. The Labute approximate surface area is 107 Å². The van der Waals surface area contributed by atoms with E-state index in [9.17, 15) is 9.18 Å². The van der Waals surface area contributed by atoms with Crippen molar-refractivity contribution in [2.24, 2.45) is 0 Å². The highest BCUT2D eigenvalue weighted by atomic mass is 19.1. The molecule has 0 amide bonds. The highest BCUT2D eigenvalue weighted by molar-refractivity contribution is 5.66. The third-order valence-electron chi connectivity index (χ3n) is 2.83. The van der Waals surface area contributed by atoms with Crippen LogP contribution in [0.5, 0.6) is 0 Å². The third kappa shape index (κ3) is 5.77. The summed E-state index contributed by atoms with van der Waals surface area (Å²) < 4.78 is 13.4. The molecule has 0 radical (unpaired) electrons. The van der Waals surface area contributed by atoms with Crippen molar-refractivity contribution in [1.29, 1.82) is 0 Å². The molecule has 0 spiro atoms. The van der Waals surface area contributed by atoms with Crippen LogP contribution in [-0.2, 0) is 11.3 Å². The molecule has 0 aromatic heterocycles. The summed E-state index contributed by atoms with van der Waals surface area (Å²) in [6, 6.07) is 6.77. The van der Waals surface area contributed by atoms with E-state index in [1.54, 1.807) is 12.1 Å². The van der Waals surface area contributed by atoms with Crippen LogP contribution in [0.25, 0.3) is 0 Å². The number of carboxylic acids is 1. The number of nitrogens with zero attached hydrogens (tertiary/aromatic N) is 1. The lowest BCUT2D eigenvalue weighted by atomic mass is 10.1. The minimum absolute atomic E-state index is 0.171. The molecule has 0 unspecified atom stereocenters. The average molecular weight is 253 g/mol. The molecule has 0 atom stereocenters. The highest BCUT2D eigenvalue weighted by Crippen LogP contribution is 2.09. The zero-order valence-electron chi connectivity index (χ0n) is 10.7. The molecule has 0 aliphatic carbocycles. The van der Waals surface area contributed by atoms with E-state index in [1.165, 1.54) is 6.07 Å². The molecule has 1 aromatic rings. The second-order valence-electron chi connectivity index (χ2n) is 4.53. The average Bonchev–Trinajstić information content (AvgIpc) is 2.31. The van der Waals surface area contributed by atoms with Gasteiger partial charge in [0, 0.05) is 18.5 Å². The third-order valence-corrected chi connectivity index (χ3v) is 2.83. The quantitative estimate of drug-likeness (QED) is 0.724. The molecule has 0 saturated heterocycles. The van der Waals surface area contributed by atoms with Gasteiger partial charge >= 0.3 is 5.97 Å². The van der Waals surface area contributed by atoms with Crippen LogP contribution >= 0.6 is 0 Å². The van der Waals surface area contributed by atoms with E-state index >= 15 is 0 Å². The summed E-state index contributed by atoms with van der Waals surface area (Å²) in [6.07, 6.45) is 2.78. The van der Waals surface area contributed by atoms with Crippen LogP contribution in [0.4, 0.5) is 4.39 Å². The Balaban J connectivity index is 2.20. The van der Waals surface area contributed by atoms with Gasteiger partial charge in [-0.25, -0.2) is 4.39 Å². The van der Waals surface area contributed by atoms with Gasteiger partial charge in [0.05, 0.1) is 0 Å². The van der Waals surface area contributed by atoms with Crippen molar-refractivity contribution in [3.05, 3.63) is 35.6 Å². The molecule has 100 valence electrons. The lowest BCUT2D eigenvalue weighted by Gasteiger charge is -2.16. The first-order chi connectivity index (χ1) is 8.59. The maximum absolute atomic E-state index is 13.4. The number of carbonyl (C=O) groups is 1. The summed E-state index contributed by atoms with van der Waals surface area (Å²) in [4.78, 5) is 12.4. The second-order valence-corrected chi connectivity index (χ2v) is 4.53. The molecule has 4 heteroatoms. The highest BCUT2D eigenvalue weighted by Gasteiger charge is 2.04. The van der Waals surface area contributed by atoms with Crippen LogP contribution in [0, 0.1) is 5.82 Å². The molecule has 0 bridgehead atoms. The molecule has 0 aliphatic heterocycles. The number of hydrogen-bond donors (Lipinski definition) is 1. The van der Waals surface area contributed by atoms with E-state index in [2.05, 4.69) is 4.90 Å². The molecule has 3 nitrogen and oxygen atoms in total. The van der Waals surface area contributed by atoms with Crippen molar-refractivity contribution < 1.29 is 14.3 Å². The molecular formula is C14H20FNO2. The van der Waals surface area contributed by atoms with Gasteiger partial charge in [-0.15, -0.1) is 0 Å². The number of halogens is 1. The largest absolute Gasteiger partial charge is 0.481 e. The van der Waals surface area contributed by atoms with E-state index in [0.29, 0.717) is 18.5 Å². The van der Waals surface area contributed by atoms with Crippen molar-refractivity contribution in [2.75, 3.05) is 13.6 Å². The number of carboxylic acid groups (broad SMARTS) is 1. The molecule has 0 fully saturated rings. The lowest BCUT2D eigenvalue weighted by Crippen LogP contribution is -2.19. The van der Waals surface area contributed by atoms with Crippen molar-refractivity contribution in [3.63, 3.8) is 0 Å². The lowest BCUT2D eigenvalue weighted by molar-refractivity contribution is -0.137. The Bertz CT molecular complexity index is 382. The zero-order chi connectivity index (χ0) is 13.4. The molecule has 0 saturated carbocycles. The number of benzene rings is 1. The van der Waals surface area contributed by atoms with Crippen molar-refractivity contribution in [2.45, 2.75) is 32.2 Å². The van der Waals surface area contributed by atoms with Gasteiger partial charge in [0.25, 0.3) is 0 Å². The number of aliphatic carboxylic acids is 1. The molecule has 1 aromatic carbocycles. The van der Waals surface area contributed by atoms with Gasteiger partial charge in [0.1, 0.15) is 5.82 Å². The first kappa shape index (κ1) is 14.6. The summed E-state index contributed by atoms with van der Waals surface area (Å²) in [5, 5.41) is 8.50. The predicted octanol–water partition coefficient (Wildman–Crippen LogP) is 2.90. The summed E-state index contributed by atoms with van der Waals surface area (Å²) in [5.74, 6) is -0.912. The zero-order valence-corrected chi connectivity index (χ0v) is 10.7. The van der Waals surface area contributed by atoms with Gasteiger partial charge in [-0.2, -0.15) is 0 Å². The Morgan fingerprint density at radius 2 is 2.00 bits per heavy atom. The van der Waals surface area contributed by atoms with E-state index in [1.807, 2.05) is 13.1 Å². The van der Waals surface area contributed by atoms with E-state index in [0.717, 1.165) is 19.4 Å². The van der Waals surface area contributed by atoms with Crippen molar-refractivity contribution in [1.82, 2.24) is 4.90 Å².